The first-order valence-electron chi connectivity index (χ1n) is 6.23. The minimum Gasteiger partial charge on any atom is -0.381 e. The highest BCUT2D eigenvalue weighted by Gasteiger charge is 2.25. The fraction of sp³-hybridized carbons (Fsp3) is 0.727. The van der Waals surface area contributed by atoms with Crippen molar-refractivity contribution in [2.24, 2.45) is 0 Å². The second-order valence-electron chi connectivity index (χ2n) is 4.77. The van der Waals surface area contributed by atoms with Crippen molar-refractivity contribution in [3.63, 3.8) is 0 Å². The standard InChI is InChI=1S/C11H23N5O2S/c1-5-6-16-9-10(11(12)13-16)19(17,18)15(4)8-7-14(2)3/h9H,5-8H2,1-4H3,(H2,12,13). The van der Waals surface area contributed by atoms with Crippen molar-refractivity contribution in [1.29, 1.82) is 0 Å². The summed E-state index contributed by atoms with van der Waals surface area (Å²) in [5, 5.41) is 4.02. The van der Waals surface area contributed by atoms with E-state index in [4.69, 9.17) is 5.73 Å². The van der Waals surface area contributed by atoms with Crippen LogP contribution in [0.1, 0.15) is 13.3 Å². The van der Waals surface area contributed by atoms with E-state index in [1.807, 2.05) is 25.9 Å². The highest BCUT2D eigenvalue weighted by atomic mass is 32.2. The Labute approximate surface area is 115 Å². The SMILES string of the molecule is CCCn1cc(S(=O)(=O)N(C)CCN(C)C)c(N)n1. The van der Waals surface area contributed by atoms with Crippen LogP contribution < -0.4 is 5.73 Å². The van der Waals surface area contributed by atoms with Gasteiger partial charge in [0.05, 0.1) is 0 Å². The van der Waals surface area contributed by atoms with Crippen LogP contribution in [-0.4, -0.2) is 61.6 Å². The lowest BCUT2D eigenvalue weighted by Gasteiger charge is -2.18. The van der Waals surface area contributed by atoms with Gasteiger partial charge in [0.15, 0.2) is 5.82 Å². The Hall–Kier alpha value is -1.12. The number of nitrogen functional groups attached to an aromatic ring is 1. The maximum absolute atomic E-state index is 12.4. The van der Waals surface area contributed by atoms with Crippen molar-refractivity contribution in [3.8, 4) is 0 Å². The van der Waals surface area contributed by atoms with E-state index >= 15 is 0 Å². The minimum absolute atomic E-state index is 0.0603. The molecule has 0 radical (unpaired) electrons. The summed E-state index contributed by atoms with van der Waals surface area (Å²) < 4.78 is 27.6. The summed E-state index contributed by atoms with van der Waals surface area (Å²) in [7, 11) is 1.78. The first kappa shape index (κ1) is 15.9. The third-order valence-electron chi connectivity index (χ3n) is 2.76. The van der Waals surface area contributed by atoms with Crippen LogP contribution in [-0.2, 0) is 16.6 Å². The van der Waals surface area contributed by atoms with Crippen LogP contribution >= 0.6 is 0 Å². The number of sulfonamides is 1. The lowest BCUT2D eigenvalue weighted by molar-refractivity contribution is 0.358. The van der Waals surface area contributed by atoms with Gasteiger partial charge in [0, 0.05) is 32.9 Å². The van der Waals surface area contributed by atoms with Gasteiger partial charge in [0.1, 0.15) is 4.90 Å². The van der Waals surface area contributed by atoms with E-state index in [-0.39, 0.29) is 10.7 Å². The molecule has 110 valence electrons. The molecule has 0 aliphatic carbocycles. The summed E-state index contributed by atoms with van der Waals surface area (Å²) in [6, 6.07) is 0. The molecule has 0 fully saturated rings. The average Bonchev–Trinajstić information content (AvgIpc) is 2.68. The molecule has 0 aliphatic heterocycles. The number of anilines is 1. The molecule has 0 bridgehead atoms. The average molecular weight is 289 g/mol. The number of hydrogen-bond donors (Lipinski definition) is 1. The van der Waals surface area contributed by atoms with Crippen molar-refractivity contribution in [2.75, 3.05) is 40.0 Å². The monoisotopic (exact) mass is 289 g/mol. The van der Waals surface area contributed by atoms with Gasteiger partial charge in [0.2, 0.25) is 10.0 Å². The predicted octanol–water partition coefficient (Wildman–Crippen LogP) is 0.0574. The van der Waals surface area contributed by atoms with Gasteiger partial charge in [0.25, 0.3) is 0 Å². The first-order valence-corrected chi connectivity index (χ1v) is 7.67. The molecular formula is C11H23N5O2S. The van der Waals surface area contributed by atoms with Crippen LogP contribution in [0.4, 0.5) is 5.82 Å². The smallest absolute Gasteiger partial charge is 0.248 e. The first-order chi connectivity index (χ1) is 8.78. The Morgan fingerprint density at radius 2 is 1.95 bits per heavy atom. The third-order valence-corrected chi connectivity index (χ3v) is 4.63. The van der Waals surface area contributed by atoms with Crippen LogP contribution in [0.25, 0.3) is 0 Å². The molecule has 2 N–H and O–H groups in total. The van der Waals surface area contributed by atoms with E-state index in [0.717, 1.165) is 6.42 Å². The summed E-state index contributed by atoms with van der Waals surface area (Å²) in [4.78, 5) is 2.01. The summed E-state index contributed by atoms with van der Waals surface area (Å²) in [5.74, 6) is 0.0603. The summed E-state index contributed by atoms with van der Waals surface area (Å²) in [6.07, 6.45) is 2.37. The molecule has 0 saturated carbocycles. The van der Waals surface area contributed by atoms with Crippen molar-refractivity contribution < 1.29 is 8.42 Å². The fourth-order valence-electron chi connectivity index (χ4n) is 1.59. The van der Waals surface area contributed by atoms with E-state index in [0.29, 0.717) is 19.6 Å². The van der Waals surface area contributed by atoms with Gasteiger partial charge in [-0.15, -0.1) is 0 Å². The number of hydrogen-bond acceptors (Lipinski definition) is 5. The number of rotatable bonds is 7. The largest absolute Gasteiger partial charge is 0.381 e. The van der Waals surface area contributed by atoms with Crippen molar-refractivity contribution in [2.45, 2.75) is 24.8 Å². The van der Waals surface area contributed by atoms with E-state index in [1.54, 1.807) is 11.7 Å². The summed E-state index contributed by atoms with van der Waals surface area (Å²) in [6.45, 7) is 3.71. The maximum atomic E-state index is 12.4. The Kier molecular flexibility index (Phi) is 5.33. The van der Waals surface area contributed by atoms with Crippen LogP contribution in [0.3, 0.4) is 0 Å². The summed E-state index contributed by atoms with van der Waals surface area (Å²) in [5.41, 5.74) is 5.70. The molecule has 0 amide bonds. The zero-order valence-electron chi connectivity index (χ0n) is 12.0. The third kappa shape index (κ3) is 3.92. The molecule has 1 rings (SSSR count). The molecule has 19 heavy (non-hydrogen) atoms. The molecule has 0 aromatic carbocycles. The van der Waals surface area contributed by atoms with Gasteiger partial charge in [-0.25, -0.2) is 8.42 Å². The highest BCUT2D eigenvalue weighted by molar-refractivity contribution is 7.89. The van der Waals surface area contributed by atoms with Gasteiger partial charge < -0.3 is 10.6 Å². The van der Waals surface area contributed by atoms with Gasteiger partial charge >= 0.3 is 0 Å². The summed E-state index contributed by atoms with van der Waals surface area (Å²) >= 11 is 0. The highest BCUT2D eigenvalue weighted by Crippen LogP contribution is 2.20. The fourth-order valence-corrected chi connectivity index (χ4v) is 2.81. The molecule has 7 nitrogen and oxygen atoms in total. The van der Waals surface area contributed by atoms with Crippen LogP contribution in [0.5, 0.6) is 0 Å². The van der Waals surface area contributed by atoms with Gasteiger partial charge in [-0.1, -0.05) is 6.92 Å². The topological polar surface area (TPSA) is 84.5 Å². The zero-order chi connectivity index (χ0) is 14.6. The number of nitrogens with zero attached hydrogens (tertiary/aromatic N) is 4. The lowest BCUT2D eigenvalue weighted by Crippen LogP contribution is -2.33. The van der Waals surface area contributed by atoms with Gasteiger partial charge in [-0.2, -0.15) is 9.40 Å². The van der Waals surface area contributed by atoms with E-state index < -0.39 is 10.0 Å². The molecule has 1 heterocycles. The van der Waals surface area contributed by atoms with E-state index in [9.17, 15) is 8.42 Å². The maximum Gasteiger partial charge on any atom is 0.248 e. The number of aromatic nitrogens is 2. The Morgan fingerprint density at radius 1 is 1.32 bits per heavy atom. The van der Waals surface area contributed by atoms with Crippen LogP contribution in [0.15, 0.2) is 11.1 Å². The molecule has 8 heteroatoms. The van der Waals surface area contributed by atoms with Crippen molar-refractivity contribution in [1.82, 2.24) is 19.0 Å². The molecule has 0 saturated heterocycles. The number of nitrogens with two attached hydrogens (primary N) is 1. The molecule has 0 aliphatic rings. The second kappa shape index (κ2) is 6.36. The zero-order valence-corrected chi connectivity index (χ0v) is 12.8. The van der Waals surface area contributed by atoms with E-state index in [1.165, 1.54) is 10.5 Å². The number of likely N-dealkylation sites (N-methyl/N-ethyl adjacent to an activating group) is 2. The number of aryl methyl sites for hydroxylation is 1. The Bertz CT molecular complexity index is 509. The molecule has 1 aromatic rings. The normalized spacial score (nSPS) is 12.5. The van der Waals surface area contributed by atoms with Crippen LogP contribution in [0, 0.1) is 0 Å². The predicted molar refractivity (Wildman–Crippen MR) is 75.3 cm³/mol. The second-order valence-corrected chi connectivity index (χ2v) is 6.78. The van der Waals surface area contributed by atoms with Crippen LogP contribution in [0.2, 0.25) is 0 Å². The van der Waals surface area contributed by atoms with Gasteiger partial charge in [-0.05, 0) is 20.5 Å². The van der Waals surface area contributed by atoms with Gasteiger partial charge in [-0.3, -0.25) is 4.68 Å². The molecular weight excluding hydrogens is 266 g/mol. The molecule has 0 unspecified atom stereocenters. The van der Waals surface area contributed by atoms with Crippen molar-refractivity contribution in [3.05, 3.63) is 6.20 Å². The Morgan fingerprint density at radius 3 is 2.47 bits per heavy atom. The lowest BCUT2D eigenvalue weighted by atomic mass is 10.5. The van der Waals surface area contributed by atoms with Crippen molar-refractivity contribution >= 4 is 15.8 Å². The van der Waals surface area contributed by atoms with E-state index in [2.05, 4.69) is 5.10 Å². The quantitative estimate of drug-likeness (QED) is 0.767. The Balaban J connectivity index is 2.93. The molecule has 1 aromatic heterocycles. The molecule has 0 spiro atoms. The minimum atomic E-state index is -3.56. The molecule has 0 atom stereocenters.